The minimum absolute atomic E-state index is 0.0368. The molecule has 1 heterocycles. The van der Waals surface area contributed by atoms with E-state index in [1.165, 1.54) is 0 Å². The van der Waals surface area contributed by atoms with Crippen LogP contribution in [-0.4, -0.2) is 41.0 Å². The highest BCUT2D eigenvalue weighted by atomic mass is 28.5. The lowest BCUT2D eigenvalue weighted by Crippen LogP contribution is -2.64. The highest BCUT2D eigenvalue weighted by Crippen LogP contribution is 2.49. The maximum Gasteiger partial charge on any atom is 0.334 e. The molecular weight excluding hydrogens is 348 g/mol. The van der Waals surface area contributed by atoms with Crippen molar-refractivity contribution in [3.8, 4) is 0 Å². The molecule has 2 rings (SSSR count). The number of hydrogen-bond donors (Lipinski definition) is 1. The maximum absolute atomic E-state index is 10.4. The van der Waals surface area contributed by atoms with Gasteiger partial charge in [0.05, 0.1) is 12.2 Å². The standard InChI is InChI=1S/C19H38O4Si2/c1-12(2)24(13(3)4)21-11-17-16(9)18(20)10-19(17)22-25(23-24,14(5)6)15(7)8/h12-15,17-20H,9-11H2,1-8H3/t17-,18-,19+/m1/s1. The molecule has 0 aromatic rings. The number of aliphatic hydroxyl groups is 1. The van der Waals surface area contributed by atoms with Crippen molar-refractivity contribution in [2.45, 2.75) is 96.2 Å². The zero-order valence-electron chi connectivity index (χ0n) is 17.3. The van der Waals surface area contributed by atoms with E-state index in [0.29, 0.717) is 35.2 Å². The van der Waals surface area contributed by atoms with E-state index < -0.39 is 23.2 Å². The summed E-state index contributed by atoms with van der Waals surface area (Å²) >= 11 is 0. The number of hydrogen-bond acceptors (Lipinski definition) is 4. The molecule has 0 amide bonds. The lowest BCUT2D eigenvalue weighted by molar-refractivity contribution is 0.0417. The Morgan fingerprint density at radius 2 is 1.40 bits per heavy atom. The summed E-state index contributed by atoms with van der Waals surface area (Å²) in [6, 6.07) is 0. The Bertz CT molecular complexity index is 474. The van der Waals surface area contributed by atoms with Crippen LogP contribution in [0.15, 0.2) is 12.2 Å². The SMILES string of the molecule is C=C1[C@H](O)C[C@@H]2O[Si](C(C)C)(C(C)C)O[Si](C(C)C)(C(C)C)OC[C@H]12. The molecule has 1 N–H and O–H groups in total. The van der Waals surface area contributed by atoms with Gasteiger partial charge in [0.25, 0.3) is 0 Å². The van der Waals surface area contributed by atoms with Crippen LogP contribution < -0.4 is 0 Å². The van der Waals surface area contributed by atoms with Crippen LogP contribution in [0, 0.1) is 5.92 Å². The number of fused-ring (bicyclic) bond motifs is 1. The predicted octanol–water partition coefficient (Wildman–Crippen LogP) is 4.88. The second kappa shape index (κ2) is 7.56. The first kappa shape index (κ1) is 21.3. The van der Waals surface area contributed by atoms with Crippen molar-refractivity contribution >= 4 is 17.1 Å². The topological polar surface area (TPSA) is 47.9 Å². The van der Waals surface area contributed by atoms with E-state index in [1.807, 2.05) is 0 Å². The molecule has 0 spiro atoms. The van der Waals surface area contributed by atoms with Gasteiger partial charge in [0.1, 0.15) is 0 Å². The molecule has 2 fully saturated rings. The van der Waals surface area contributed by atoms with E-state index >= 15 is 0 Å². The Kier molecular flexibility index (Phi) is 6.45. The summed E-state index contributed by atoms with van der Waals surface area (Å²) in [6.45, 7) is 22.5. The second-order valence-electron chi connectivity index (χ2n) is 9.06. The fourth-order valence-electron chi connectivity index (χ4n) is 4.54. The molecule has 25 heavy (non-hydrogen) atoms. The van der Waals surface area contributed by atoms with Crippen LogP contribution in [0.3, 0.4) is 0 Å². The van der Waals surface area contributed by atoms with Gasteiger partial charge >= 0.3 is 17.1 Å². The van der Waals surface area contributed by atoms with Crippen LogP contribution in [0.5, 0.6) is 0 Å². The van der Waals surface area contributed by atoms with Gasteiger partial charge in [0.2, 0.25) is 0 Å². The molecule has 3 atom stereocenters. The van der Waals surface area contributed by atoms with Crippen LogP contribution in [0.25, 0.3) is 0 Å². The van der Waals surface area contributed by atoms with Gasteiger partial charge < -0.3 is 18.1 Å². The van der Waals surface area contributed by atoms with Gasteiger partial charge in [0, 0.05) is 18.9 Å². The number of aliphatic hydroxyl groups excluding tert-OH is 1. The van der Waals surface area contributed by atoms with Gasteiger partial charge in [-0.15, -0.1) is 0 Å². The summed E-state index contributed by atoms with van der Waals surface area (Å²) in [5, 5.41) is 10.4. The minimum atomic E-state index is -2.54. The van der Waals surface area contributed by atoms with E-state index in [0.717, 1.165) is 5.57 Å². The van der Waals surface area contributed by atoms with Gasteiger partial charge in [-0.25, -0.2) is 0 Å². The van der Waals surface area contributed by atoms with E-state index in [4.69, 9.17) is 13.0 Å². The van der Waals surface area contributed by atoms with Crippen molar-refractivity contribution in [1.82, 2.24) is 0 Å². The van der Waals surface area contributed by atoms with Crippen molar-refractivity contribution in [3.63, 3.8) is 0 Å². The zero-order chi connectivity index (χ0) is 19.2. The van der Waals surface area contributed by atoms with E-state index in [2.05, 4.69) is 62.0 Å². The monoisotopic (exact) mass is 386 g/mol. The lowest BCUT2D eigenvalue weighted by Gasteiger charge is -2.51. The minimum Gasteiger partial charge on any atom is -0.414 e. The average Bonchev–Trinajstić information content (AvgIpc) is 2.72. The Morgan fingerprint density at radius 3 is 1.84 bits per heavy atom. The van der Waals surface area contributed by atoms with Crippen LogP contribution in [0.1, 0.15) is 61.8 Å². The van der Waals surface area contributed by atoms with Crippen LogP contribution in [0.2, 0.25) is 22.2 Å². The van der Waals surface area contributed by atoms with Crippen LogP contribution in [-0.2, 0) is 13.0 Å². The molecule has 1 aliphatic carbocycles. The van der Waals surface area contributed by atoms with Gasteiger partial charge in [-0.05, 0) is 27.7 Å². The molecular formula is C19H38O4Si2. The van der Waals surface area contributed by atoms with Gasteiger partial charge in [0.15, 0.2) is 0 Å². The van der Waals surface area contributed by atoms with Crippen molar-refractivity contribution in [3.05, 3.63) is 12.2 Å². The molecule has 1 saturated carbocycles. The molecule has 0 radical (unpaired) electrons. The van der Waals surface area contributed by atoms with Crippen molar-refractivity contribution in [2.75, 3.05) is 6.61 Å². The summed E-state index contributed by atoms with van der Waals surface area (Å²) in [6.07, 6.45) is 0.0877. The number of rotatable bonds is 4. The summed E-state index contributed by atoms with van der Waals surface area (Å²) in [5.74, 6) is 0.0765. The summed E-state index contributed by atoms with van der Waals surface area (Å²) < 4.78 is 20.7. The fraction of sp³-hybridized carbons (Fsp3) is 0.895. The average molecular weight is 387 g/mol. The van der Waals surface area contributed by atoms with Crippen LogP contribution >= 0.6 is 0 Å². The molecule has 1 aliphatic heterocycles. The molecule has 146 valence electrons. The Morgan fingerprint density at radius 1 is 0.920 bits per heavy atom. The van der Waals surface area contributed by atoms with Crippen molar-refractivity contribution in [2.24, 2.45) is 5.92 Å². The summed E-state index contributed by atoms with van der Waals surface area (Å²) in [7, 11) is -5.02. The third kappa shape index (κ3) is 3.58. The third-order valence-corrected chi connectivity index (χ3v) is 16.4. The quantitative estimate of drug-likeness (QED) is 0.552. The molecule has 0 aromatic carbocycles. The molecule has 4 nitrogen and oxygen atoms in total. The molecule has 2 aliphatic rings. The Balaban J connectivity index is 2.55. The summed E-state index contributed by atoms with van der Waals surface area (Å²) in [4.78, 5) is 0. The van der Waals surface area contributed by atoms with E-state index in [9.17, 15) is 5.11 Å². The molecule has 1 saturated heterocycles. The van der Waals surface area contributed by atoms with Crippen molar-refractivity contribution < 1.29 is 18.1 Å². The first-order valence-corrected chi connectivity index (χ1v) is 13.8. The van der Waals surface area contributed by atoms with Crippen LogP contribution in [0.4, 0.5) is 0 Å². The highest BCUT2D eigenvalue weighted by Gasteiger charge is 2.59. The molecule has 6 heteroatoms. The van der Waals surface area contributed by atoms with E-state index in [-0.39, 0.29) is 12.0 Å². The lowest BCUT2D eigenvalue weighted by atomic mass is 10.0. The van der Waals surface area contributed by atoms with Gasteiger partial charge in [-0.2, -0.15) is 0 Å². The summed E-state index contributed by atoms with van der Waals surface area (Å²) in [5.41, 5.74) is 2.21. The first-order valence-electron chi connectivity index (χ1n) is 9.86. The maximum atomic E-state index is 10.4. The predicted molar refractivity (Wildman–Crippen MR) is 107 cm³/mol. The third-order valence-electron chi connectivity index (χ3n) is 6.17. The molecule has 0 aromatic heterocycles. The van der Waals surface area contributed by atoms with Gasteiger partial charge in [-0.1, -0.05) is 62.0 Å². The second-order valence-corrected chi connectivity index (χ2v) is 17.9. The highest BCUT2D eigenvalue weighted by molar-refractivity contribution is 6.83. The van der Waals surface area contributed by atoms with E-state index in [1.54, 1.807) is 0 Å². The fourth-order valence-corrected chi connectivity index (χ4v) is 15.8. The Labute approximate surface area is 156 Å². The van der Waals surface area contributed by atoms with Crippen molar-refractivity contribution in [1.29, 1.82) is 0 Å². The first-order chi connectivity index (χ1) is 11.5. The smallest absolute Gasteiger partial charge is 0.334 e. The normalized spacial score (nSPS) is 32.4. The molecule has 0 bridgehead atoms. The largest absolute Gasteiger partial charge is 0.414 e. The zero-order valence-corrected chi connectivity index (χ0v) is 19.3. The Hall–Kier alpha value is 0.0138. The molecule has 0 unspecified atom stereocenters. The van der Waals surface area contributed by atoms with Gasteiger partial charge in [-0.3, -0.25) is 0 Å².